The highest BCUT2D eigenvalue weighted by Crippen LogP contribution is 2.70. The van der Waals surface area contributed by atoms with E-state index in [4.69, 9.17) is 0 Å². The zero-order valence-corrected chi connectivity index (χ0v) is 20.7. The molecule has 2 rings (SSSR count). The lowest BCUT2D eigenvalue weighted by molar-refractivity contribution is -0.476. The van der Waals surface area contributed by atoms with Crippen LogP contribution in [0.5, 0.6) is 0 Å². The number of carbonyl (C=O) groups excluding carboxylic acids is 2. The maximum atomic E-state index is 14.5. The normalized spacial score (nSPS) is 29.6. The van der Waals surface area contributed by atoms with Crippen molar-refractivity contribution < 1.29 is 106 Å². The third-order valence-corrected chi connectivity index (χ3v) is 6.94. The van der Waals surface area contributed by atoms with Crippen LogP contribution in [-0.2, 0) is 9.59 Å². The number of amides is 2. The van der Waals surface area contributed by atoms with Crippen molar-refractivity contribution in [2.45, 2.75) is 89.8 Å². The molecule has 264 valence electrons. The highest BCUT2D eigenvalue weighted by atomic mass is 19.4. The molecule has 0 spiro atoms. The molecule has 0 aromatic carbocycles. The lowest BCUT2D eigenvalue weighted by Gasteiger charge is -2.51. The molecule has 0 aromatic rings. The first-order chi connectivity index (χ1) is 19.5. The molecular formula is C19H12F22N2O2. The van der Waals surface area contributed by atoms with Crippen LogP contribution in [0.3, 0.4) is 0 Å². The predicted molar refractivity (Wildman–Crippen MR) is 97.0 cm³/mol. The second-order valence-electron chi connectivity index (χ2n) is 9.63. The molecule has 2 N–H and O–H groups in total. The van der Waals surface area contributed by atoms with Gasteiger partial charge >= 0.3 is 70.6 Å². The van der Waals surface area contributed by atoms with Crippen molar-refractivity contribution >= 4 is 11.8 Å². The lowest BCUT2D eigenvalue weighted by atomic mass is 9.71. The van der Waals surface area contributed by atoms with E-state index in [1.807, 2.05) is 0 Å². The average molecular weight is 718 g/mol. The summed E-state index contributed by atoms with van der Waals surface area (Å²) in [4.78, 5) is 23.2. The zero-order valence-electron chi connectivity index (χ0n) is 20.7. The summed E-state index contributed by atoms with van der Waals surface area (Å²) in [7, 11) is 0. The highest BCUT2D eigenvalue weighted by Gasteiger charge is 3.04. The van der Waals surface area contributed by atoms with E-state index < -0.39 is 115 Å². The predicted octanol–water partition coefficient (Wildman–Crippen LogP) is 6.19. The van der Waals surface area contributed by atoms with Gasteiger partial charge in [-0.25, -0.2) is 8.78 Å². The van der Waals surface area contributed by atoms with Crippen LogP contribution in [-0.4, -0.2) is 95.5 Å². The Morgan fingerprint density at radius 3 is 0.689 bits per heavy atom. The molecule has 0 radical (unpaired) electrons. The molecule has 4 nitrogen and oxygen atoms in total. The SMILES string of the molecule is O=C(NCCCCCNC(=O)C1(F)C(F)(F)C(F)(F)C(F)(F)C(F)(F)C1(F)F)C1(F)C(F)(F)C(F)(F)C(F)(F)C(F)(F)C1(F)F. The summed E-state index contributed by atoms with van der Waals surface area (Å²) in [5.74, 6) is -83.2. The van der Waals surface area contributed by atoms with Crippen LogP contribution in [0.4, 0.5) is 96.6 Å². The Labute approximate surface area is 232 Å². The van der Waals surface area contributed by atoms with Crippen LogP contribution in [0.15, 0.2) is 0 Å². The largest absolute Gasteiger partial charge is 0.384 e. The minimum atomic E-state index is -7.62. The quantitative estimate of drug-likeness (QED) is 0.233. The number of hydrogen-bond acceptors (Lipinski definition) is 2. The first kappa shape index (κ1) is 38.6. The Bertz CT molecular complexity index is 1050. The maximum absolute atomic E-state index is 14.5. The number of unbranched alkanes of at least 4 members (excludes halogenated alkanes) is 2. The molecule has 0 atom stereocenters. The molecule has 0 heterocycles. The van der Waals surface area contributed by atoms with Crippen molar-refractivity contribution in [2.75, 3.05) is 13.1 Å². The van der Waals surface area contributed by atoms with E-state index in [1.165, 1.54) is 0 Å². The number of carbonyl (C=O) groups is 2. The van der Waals surface area contributed by atoms with Gasteiger partial charge in [0.25, 0.3) is 11.8 Å². The van der Waals surface area contributed by atoms with Gasteiger partial charge in [-0.15, -0.1) is 0 Å². The van der Waals surface area contributed by atoms with Crippen molar-refractivity contribution in [1.29, 1.82) is 0 Å². The second kappa shape index (κ2) is 9.95. The van der Waals surface area contributed by atoms with Crippen LogP contribution >= 0.6 is 0 Å². The number of rotatable bonds is 8. The third-order valence-electron chi connectivity index (χ3n) is 6.94. The molecule has 2 aliphatic carbocycles. The van der Waals surface area contributed by atoms with Gasteiger partial charge in [0, 0.05) is 13.1 Å². The molecule has 0 bridgehead atoms. The summed E-state index contributed by atoms with van der Waals surface area (Å²) in [5.41, 5.74) is -14.1. The van der Waals surface area contributed by atoms with E-state index in [0.717, 1.165) is 0 Å². The van der Waals surface area contributed by atoms with Crippen molar-refractivity contribution in [3.8, 4) is 0 Å². The first-order valence-electron chi connectivity index (χ1n) is 11.3. The zero-order chi connectivity index (χ0) is 36.1. The number of nitrogens with one attached hydrogen (secondary N) is 2. The fraction of sp³-hybridized carbons (Fsp3) is 0.895. The summed E-state index contributed by atoms with van der Waals surface area (Å²) in [5, 5.41) is 1.29. The van der Waals surface area contributed by atoms with Crippen molar-refractivity contribution in [2.24, 2.45) is 0 Å². The van der Waals surface area contributed by atoms with Gasteiger partial charge < -0.3 is 10.6 Å². The summed E-state index contributed by atoms with van der Waals surface area (Å²) in [6.45, 7) is -3.04. The average Bonchev–Trinajstić information content (AvgIpc) is 2.88. The van der Waals surface area contributed by atoms with Gasteiger partial charge in [0.15, 0.2) is 0 Å². The van der Waals surface area contributed by atoms with Crippen molar-refractivity contribution in [3.05, 3.63) is 0 Å². The van der Waals surface area contributed by atoms with Gasteiger partial charge in [0.2, 0.25) is 0 Å². The van der Waals surface area contributed by atoms with Crippen LogP contribution in [0.2, 0.25) is 0 Å². The first-order valence-corrected chi connectivity index (χ1v) is 11.3. The number of hydrogen-bond donors (Lipinski definition) is 2. The van der Waals surface area contributed by atoms with Crippen LogP contribution in [0, 0.1) is 0 Å². The van der Waals surface area contributed by atoms with Gasteiger partial charge in [0.1, 0.15) is 0 Å². The summed E-state index contributed by atoms with van der Waals surface area (Å²) < 4.78 is 300. The van der Waals surface area contributed by atoms with Gasteiger partial charge in [-0.1, -0.05) is 0 Å². The standard InChI is InChI=1S/C19H12F22N2O2/c20-8(10(22,23)14(30,31)18(38,39)15(32,33)11(8,24)25)6(44)42-4-2-1-3-5-43-7(45)9(21)12(26,27)16(34,35)19(40,41)17(36,37)13(9,28)29/h1-5H2,(H,42,44)(H,43,45). The van der Waals surface area contributed by atoms with E-state index in [2.05, 4.69) is 0 Å². The molecular weight excluding hydrogens is 706 g/mol. The Balaban J connectivity index is 2.11. The van der Waals surface area contributed by atoms with E-state index in [1.54, 1.807) is 0 Å². The fourth-order valence-electron chi connectivity index (χ4n) is 4.09. The van der Waals surface area contributed by atoms with Gasteiger partial charge in [-0.2, -0.15) is 87.8 Å². The van der Waals surface area contributed by atoms with E-state index in [-0.39, 0.29) is 0 Å². The van der Waals surface area contributed by atoms with Gasteiger partial charge in [0.05, 0.1) is 0 Å². The minimum absolute atomic E-state index is 0.643. The third kappa shape index (κ3) is 3.96. The van der Waals surface area contributed by atoms with Gasteiger partial charge in [-0.05, 0) is 19.3 Å². The molecule has 26 heteroatoms. The molecule has 2 aliphatic rings. The molecule has 0 unspecified atom stereocenters. The van der Waals surface area contributed by atoms with E-state index in [0.29, 0.717) is 10.6 Å². The van der Waals surface area contributed by atoms with Crippen LogP contribution in [0.25, 0.3) is 0 Å². The molecule has 2 fully saturated rings. The smallest absolute Gasteiger partial charge is 0.353 e. The summed E-state index contributed by atoms with van der Waals surface area (Å²) in [6, 6.07) is 0. The number of halogens is 22. The van der Waals surface area contributed by atoms with E-state index >= 15 is 0 Å². The topological polar surface area (TPSA) is 58.2 Å². The minimum Gasteiger partial charge on any atom is -0.353 e. The van der Waals surface area contributed by atoms with Crippen molar-refractivity contribution in [3.63, 3.8) is 0 Å². The summed E-state index contributed by atoms with van der Waals surface area (Å²) in [6.07, 6.45) is -2.88. The molecule has 2 saturated carbocycles. The maximum Gasteiger partial charge on any atom is 0.384 e. The molecule has 0 aliphatic heterocycles. The van der Waals surface area contributed by atoms with Crippen LogP contribution in [0.1, 0.15) is 19.3 Å². The van der Waals surface area contributed by atoms with Crippen LogP contribution < -0.4 is 10.6 Å². The Morgan fingerprint density at radius 1 is 0.311 bits per heavy atom. The molecule has 0 aromatic heterocycles. The second-order valence-corrected chi connectivity index (χ2v) is 9.63. The fourth-order valence-corrected chi connectivity index (χ4v) is 4.09. The molecule has 45 heavy (non-hydrogen) atoms. The molecule has 2 amide bonds. The lowest BCUT2D eigenvalue weighted by Crippen LogP contribution is -2.86. The van der Waals surface area contributed by atoms with Gasteiger partial charge in [-0.3, -0.25) is 9.59 Å². The van der Waals surface area contributed by atoms with Crippen molar-refractivity contribution in [1.82, 2.24) is 10.6 Å². The summed E-state index contributed by atoms with van der Waals surface area (Å²) >= 11 is 0. The molecule has 0 saturated heterocycles. The number of alkyl halides is 22. The highest BCUT2D eigenvalue weighted by molar-refractivity contribution is 5.89. The Kier molecular flexibility index (Phi) is 8.53. The Hall–Kier alpha value is -2.60. The Morgan fingerprint density at radius 2 is 0.489 bits per heavy atom. The monoisotopic (exact) mass is 718 g/mol. The van der Waals surface area contributed by atoms with E-state index in [9.17, 15) is 106 Å².